The average molecular weight is 320 g/mol. The van der Waals surface area contributed by atoms with Gasteiger partial charge in [-0.15, -0.1) is 0 Å². The number of nitro groups is 1. The van der Waals surface area contributed by atoms with Gasteiger partial charge in [0, 0.05) is 12.1 Å². The Balaban J connectivity index is 2.02. The van der Waals surface area contributed by atoms with Crippen molar-refractivity contribution in [1.82, 2.24) is 9.97 Å². The summed E-state index contributed by atoms with van der Waals surface area (Å²) in [7, 11) is 0. The highest BCUT2D eigenvalue weighted by Gasteiger charge is 2.14. The van der Waals surface area contributed by atoms with Crippen LogP contribution >= 0.6 is 11.6 Å². The zero-order valence-corrected chi connectivity index (χ0v) is 11.6. The molecule has 8 heteroatoms. The molecule has 2 aromatic carbocycles. The Morgan fingerprint density at radius 2 is 2.05 bits per heavy atom. The van der Waals surface area contributed by atoms with E-state index in [2.05, 4.69) is 9.97 Å². The van der Waals surface area contributed by atoms with E-state index in [4.69, 9.17) is 16.3 Å². The lowest BCUT2D eigenvalue weighted by Crippen LogP contribution is -1.94. The maximum Gasteiger partial charge on any atom is 0.288 e. The topological polar surface area (TPSA) is 78.2 Å². The summed E-state index contributed by atoms with van der Waals surface area (Å²) < 4.78 is 19.2. The number of para-hydroxylation sites is 1. The van der Waals surface area contributed by atoms with E-state index < -0.39 is 10.7 Å². The van der Waals surface area contributed by atoms with Gasteiger partial charge in [0.05, 0.1) is 10.3 Å². The van der Waals surface area contributed by atoms with Crippen LogP contribution in [0.4, 0.5) is 10.1 Å². The van der Waals surface area contributed by atoms with Gasteiger partial charge in [-0.1, -0.05) is 17.7 Å². The first-order chi connectivity index (χ1) is 10.6. The smallest absolute Gasteiger partial charge is 0.288 e. The lowest BCUT2D eigenvalue weighted by molar-refractivity contribution is -0.384. The molecule has 3 aromatic rings. The lowest BCUT2D eigenvalue weighted by Gasteiger charge is -2.08. The Kier molecular flexibility index (Phi) is 3.56. The maximum atomic E-state index is 13.7. The molecule has 22 heavy (non-hydrogen) atoms. The van der Waals surface area contributed by atoms with Gasteiger partial charge in [-0.3, -0.25) is 10.1 Å². The summed E-state index contributed by atoms with van der Waals surface area (Å²) in [6.07, 6.45) is 1.17. The third-order valence-corrected chi connectivity index (χ3v) is 3.21. The normalized spacial score (nSPS) is 10.6. The highest BCUT2D eigenvalue weighted by Crippen LogP contribution is 2.32. The van der Waals surface area contributed by atoms with Crippen molar-refractivity contribution in [3.8, 4) is 11.6 Å². The molecule has 0 aliphatic heterocycles. The molecule has 0 atom stereocenters. The molecular weight excluding hydrogens is 313 g/mol. The summed E-state index contributed by atoms with van der Waals surface area (Å²) in [5, 5.41) is 11.0. The number of fused-ring (bicyclic) bond motifs is 1. The van der Waals surface area contributed by atoms with Crippen molar-refractivity contribution >= 4 is 28.2 Å². The van der Waals surface area contributed by atoms with E-state index in [1.165, 1.54) is 36.7 Å². The van der Waals surface area contributed by atoms with Crippen molar-refractivity contribution in [2.24, 2.45) is 0 Å². The Bertz CT molecular complexity index is 888. The number of ether oxygens (including phenoxy) is 1. The van der Waals surface area contributed by atoms with Crippen LogP contribution in [0.25, 0.3) is 10.9 Å². The summed E-state index contributed by atoms with van der Waals surface area (Å²) >= 11 is 5.82. The molecule has 110 valence electrons. The monoisotopic (exact) mass is 319 g/mol. The maximum absolute atomic E-state index is 13.7. The van der Waals surface area contributed by atoms with Crippen LogP contribution < -0.4 is 4.74 Å². The highest BCUT2D eigenvalue weighted by atomic mass is 35.5. The van der Waals surface area contributed by atoms with Gasteiger partial charge in [0.25, 0.3) is 5.69 Å². The van der Waals surface area contributed by atoms with Gasteiger partial charge < -0.3 is 4.74 Å². The molecule has 0 aliphatic rings. The third kappa shape index (κ3) is 2.53. The number of aromatic nitrogens is 2. The summed E-state index contributed by atoms with van der Waals surface area (Å²) in [6.45, 7) is 0. The van der Waals surface area contributed by atoms with Crippen LogP contribution in [0.2, 0.25) is 5.02 Å². The minimum absolute atomic E-state index is 0.0629. The molecule has 0 unspecified atom stereocenters. The molecule has 1 heterocycles. The fourth-order valence-corrected chi connectivity index (χ4v) is 2.16. The van der Waals surface area contributed by atoms with Crippen molar-refractivity contribution < 1.29 is 14.1 Å². The van der Waals surface area contributed by atoms with Crippen molar-refractivity contribution in [1.29, 1.82) is 0 Å². The molecule has 0 saturated carbocycles. The second-order valence-electron chi connectivity index (χ2n) is 4.29. The van der Waals surface area contributed by atoms with Gasteiger partial charge in [0.15, 0.2) is 0 Å². The van der Waals surface area contributed by atoms with Crippen LogP contribution in [-0.2, 0) is 0 Å². The van der Waals surface area contributed by atoms with Gasteiger partial charge in [0.1, 0.15) is 28.4 Å². The minimum atomic E-state index is -0.596. The standard InChI is InChI=1S/C14H7ClFN3O3/c15-10-6-8(4-5-12(10)19(20)21)22-14-9-2-1-3-11(16)13(9)17-7-18-14/h1-7H. The fraction of sp³-hybridized carbons (Fsp3) is 0. The second kappa shape index (κ2) is 5.53. The molecular formula is C14H7ClFN3O3. The van der Waals surface area contributed by atoms with Crippen LogP contribution in [0.15, 0.2) is 42.7 Å². The van der Waals surface area contributed by atoms with Gasteiger partial charge in [-0.05, 0) is 18.2 Å². The molecule has 0 aliphatic carbocycles. The number of hydrogen-bond acceptors (Lipinski definition) is 5. The van der Waals surface area contributed by atoms with Crippen LogP contribution in [0.3, 0.4) is 0 Å². The molecule has 0 amide bonds. The lowest BCUT2D eigenvalue weighted by atomic mass is 10.2. The SMILES string of the molecule is O=[N+]([O-])c1ccc(Oc2ncnc3c(F)cccc23)cc1Cl. The first-order valence-corrected chi connectivity index (χ1v) is 6.45. The Hall–Kier alpha value is -2.80. The van der Waals surface area contributed by atoms with Crippen LogP contribution in [0.5, 0.6) is 11.6 Å². The molecule has 0 spiro atoms. The number of hydrogen-bond donors (Lipinski definition) is 0. The zero-order chi connectivity index (χ0) is 15.7. The predicted molar refractivity (Wildman–Crippen MR) is 77.7 cm³/mol. The van der Waals surface area contributed by atoms with E-state index in [9.17, 15) is 14.5 Å². The van der Waals surface area contributed by atoms with Crippen LogP contribution in [0, 0.1) is 15.9 Å². The second-order valence-corrected chi connectivity index (χ2v) is 4.69. The first kappa shape index (κ1) is 14.2. The predicted octanol–water partition coefficient (Wildman–Crippen LogP) is 4.12. The fourth-order valence-electron chi connectivity index (χ4n) is 1.92. The minimum Gasteiger partial charge on any atom is -0.438 e. The van der Waals surface area contributed by atoms with Crippen molar-refractivity contribution in [2.45, 2.75) is 0 Å². The molecule has 0 radical (unpaired) electrons. The van der Waals surface area contributed by atoms with Gasteiger partial charge in [-0.2, -0.15) is 0 Å². The highest BCUT2D eigenvalue weighted by molar-refractivity contribution is 6.32. The quantitative estimate of drug-likeness (QED) is 0.536. The third-order valence-electron chi connectivity index (χ3n) is 2.91. The number of halogens is 2. The zero-order valence-electron chi connectivity index (χ0n) is 10.9. The average Bonchev–Trinajstić information content (AvgIpc) is 2.48. The first-order valence-electron chi connectivity index (χ1n) is 6.07. The number of benzene rings is 2. The van der Waals surface area contributed by atoms with E-state index in [0.29, 0.717) is 5.39 Å². The molecule has 0 N–H and O–H groups in total. The Morgan fingerprint density at radius 3 is 2.77 bits per heavy atom. The summed E-state index contributed by atoms with van der Waals surface area (Å²) in [4.78, 5) is 17.9. The molecule has 1 aromatic heterocycles. The summed E-state index contributed by atoms with van der Waals surface area (Å²) in [5.41, 5.74) is -0.104. The Morgan fingerprint density at radius 1 is 1.23 bits per heavy atom. The number of rotatable bonds is 3. The molecule has 0 bridgehead atoms. The Labute approximate surface area is 128 Å². The van der Waals surface area contributed by atoms with Crippen LogP contribution in [-0.4, -0.2) is 14.9 Å². The van der Waals surface area contributed by atoms with E-state index >= 15 is 0 Å². The largest absolute Gasteiger partial charge is 0.438 e. The van der Waals surface area contributed by atoms with E-state index in [1.807, 2.05) is 0 Å². The number of nitro benzene ring substituents is 1. The van der Waals surface area contributed by atoms with Crippen molar-refractivity contribution in [2.75, 3.05) is 0 Å². The van der Waals surface area contributed by atoms with Gasteiger partial charge in [-0.25, -0.2) is 14.4 Å². The molecule has 0 saturated heterocycles. The molecule has 3 rings (SSSR count). The number of nitrogens with zero attached hydrogens (tertiary/aromatic N) is 3. The summed E-state index contributed by atoms with van der Waals surface area (Å²) in [6, 6.07) is 8.31. The van der Waals surface area contributed by atoms with Crippen molar-refractivity contribution in [3.05, 3.63) is 63.7 Å². The van der Waals surface area contributed by atoms with Gasteiger partial charge in [0.2, 0.25) is 5.88 Å². The summed E-state index contributed by atoms with van der Waals surface area (Å²) in [5.74, 6) is -0.110. The van der Waals surface area contributed by atoms with Crippen LogP contribution in [0.1, 0.15) is 0 Å². The van der Waals surface area contributed by atoms with E-state index in [-0.39, 0.29) is 27.9 Å². The van der Waals surface area contributed by atoms with E-state index in [0.717, 1.165) is 0 Å². The van der Waals surface area contributed by atoms with Crippen molar-refractivity contribution in [3.63, 3.8) is 0 Å². The van der Waals surface area contributed by atoms with E-state index in [1.54, 1.807) is 6.07 Å². The molecule has 0 fully saturated rings. The molecule has 6 nitrogen and oxygen atoms in total. The van der Waals surface area contributed by atoms with Gasteiger partial charge >= 0.3 is 0 Å².